The average molecular weight is 329 g/mol. The highest BCUT2D eigenvalue weighted by atomic mass is 35.5. The summed E-state index contributed by atoms with van der Waals surface area (Å²) in [6.07, 6.45) is 0.572. The van der Waals surface area contributed by atoms with Gasteiger partial charge in [0.15, 0.2) is 0 Å². The van der Waals surface area contributed by atoms with Crippen LogP contribution in [-0.4, -0.2) is 30.0 Å². The van der Waals surface area contributed by atoms with E-state index in [1.165, 1.54) is 16.7 Å². The van der Waals surface area contributed by atoms with Crippen LogP contribution < -0.4 is 10.6 Å². The van der Waals surface area contributed by atoms with E-state index in [0.717, 1.165) is 18.1 Å². The van der Waals surface area contributed by atoms with Gasteiger partial charge in [-0.3, -0.25) is 4.79 Å². The van der Waals surface area contributed by atoms with Gasteiger partial charge in [-0.2, -0.15) is 11.8 Å². The molecule has 2 atom stereocenters. The lowest BCUT2D eigenvalue weighted by molar-refractivity contribution is -0.122. The number of benzene rings is 1. The van der Waals surface area contributed by atoms with Gasteiger partial charge < -0.3 is 10.6 Å². The first-order valence-electron chi connectivity index (χ1n) is 7.24. The van der Waals surface area contributed by atoms with Crippen molar-refractivity contribution in [1.82, 2.24) is 10.6 Å². The van der Waals surface area contributed by atoms with Gasteiger partial charge in [0.2, 0.25) is 5.91 Å². The summed E-state index contributed by atoms with van der Waals surface area (Å²) in [6, 6.07) is 6.65. The maximum atomic E-state index is 12.1. The minimum atomic E-state index is 0. The van der Waals surface area contributed by atoms with E-state index in [4.69, 9.17) is 0 Å². The van der Waals surface area contributed by atoms with E-state index in [1.807, 2.05) is 11.8 Å². The van der Waals surface area contributed by atoms with Crippen molar-refractivity contribution in [2.45, 2.75) is 39.3 Å². The molecule has 1 aliphatic heterocycles. The molecule has 1 saturated heterocycles. The lowest BCUT2D eigenvalue weighted by Crippen LogP contribution is -2.41. The number of carbonyl (C=O) groups is 1. The van der Waals surface area contributed by atoms with E-state index in [9.17, 15) is 4.79 Å². The highest BCUT2D eigenvalue weighted by Crippen LogP contribution is 2.20. The zero-order chi connectivity index (χ0) is 14.5. The summed E-state index contributed by atoms with van der Waals surface area (Å²) in [7, 11) is 0. The Balaban J connectivity index is 0.00000220. The molecule has 0 bridgehead atoms. The summed E-state index contributed by atoms with van der Waals surface area (Å²) in [5.74, 6) is 2.32. The van der Waals surface area contributed by atoms with Crippen molar-refractivity contribution in [2.75, 3.05) is 18.1 Å². The molecule has 1 aromatic carbocycles. The smallest absolute Gasteiger partial charge is 0.222 e. The number of amides is 1. The van der Waals surface area contributed by atoms with Gasteiger partial charge in [-0.05, 0) is 37.5 Å². The molecular weight excluding hydrogens is 304 g/mol. The van der Waals surface area contributed by atoms with E-state index in [-0.39, 0.29) is 24.4 Å². The van der Waals surface area contributed by atoms with Gasteiger partial charge >= 0.3 is 0 Å². The minimum absolute atomic E-state index is 0. The van der Waals surface area contributed by atoms with Crippen LogP contribution in [-0.2, 0) is 4.79 Å². The minimum Gasteiger partial charge on any atom is -0.350 e. The van der Waals surface area contributed by atoms with Gasteiger partial charge in [0, 0.05) is 30.5 Å². The maximum absolute atomic E-state index is 12.1. The van der Waals surface area contributed by atoms with E-state index >= 15 is 0 Å². The van der Waals surface area contributed by atoms with Crippen molar-refractivity contribution in [3.8, 4) is 0 Å². The average Bonchev–Trinajstić information content (AvgIpc) is 2.42. The second-order valence-electron chi connectivity index (χ2n) is 5.51. The first kappa shape index (κ1) is 18.3. The number of halogens is 1. The Morgan fingerprint density at radius 2 is 2.24 bits per heavy atom. The molecule has 2 rings (SSSR count). The number of hydrogen-bond donors (Lipinski definition) is 2. The second kappa shape index (κ2) is 8.66. The monoisotopic (exact) mass is 328 g/mol. The summed E-state index contributed by atoms with van der Waals surface area (Å²) in [5, 5.41) is 6.53. The quantitative estimate of drug-likeness (QED) is 0.892. The molecule has 118 valence electrons. The molecule has 0 radical (unpaired) electrons. The van der Waals surface area contributed by atoms with Crippen molar-refractivity contribution in [1.29, 1.82) is 0 Å². The second-order valence-corrected chi connectivity index (χ2v) is 6.66. The Morgan fingerprint density at radius 3 is 2.90 bits per heavy atom. The van der Waals surface area contributed by atoms with Crippen molar-refractivity contribution in [2.24, 2.45) is 0 Å². The fourth-order valence-electron chi connectivity index (χ4n) is 2.60. The molecule has 0 aromatic heterocycles. The summed E-state index contributed by atoms with van der Waals surface area (Å²) >= 11 is 1.92. The SMILES string of the molecule is Cc1cccc(C(C)NC(=O)CC2CSCCN2)c1C.Cl. The van der Waals surface area contributed by atoms with Crippen molar-refractivity contribution >= 4 is 30.1 Å². The normalized spacial score (nSPS) is 19.5. The lowest BCUT2D eigenvalue weighted by Gasteiger charge is -2.24. The molecule has 1 aliphatic rings. The molecule has 1 fully saturated rings. The van der Waals surface area contributed by atoms with Crippen LogP contribution in [0.1, 0.15) is 36.1 Å². The van der Waals surface area contributed by atoms with Crippen LogP contribution in [0.2, 0.25) is 0 Å². The third kappa shape index (κ3) is 5.20. The highest BCUT2D eigenvalue weighted by Gasteiger charge is 2.18. The van der Waals surface area contributed by atoms with Gasteiger partial charge in [-0.15, -0.1) is 12.4 Å². The van der Waals surface area contributed by atoms with E-state index in [1.54, 1.807) is 0 Å². The first-order chi connectivity index (χ1) is 9.58. The van der Waals surface area contributed by atoms with Gasteiger partial charge in [0.1, 0.15) is 0 Å². The zero-order valence-corrected chi connectivity index (χ0v) is 14.6. The van der Waals surface area contributed by atoms with Crippen LogP contribution in [0.15, 0.2) is 18.2 Å². The Labute approximate surface area is 138 Å². The van der Waals surface area contributed by atoms with Crippen LogP contribution in [0, 0.1) is 13.8 Å². The molecule has 1 heterocycles. The predicted octanol–water partition coefficient (Wildman–Crippen LogP) is 3.00. The number of nitrogens with one attached hydrogen (secondary N) is 2. The number of aryl methyl sites for hydroxylation is 1. The lowest BCUT2D eigenvalue weighted by atomic mass is 9.98. The molecule has 1 amide bonds. The van der Waals surface area contributed by atoms with Gasteiger partial charge in [-0.1, -0.05) is 18.2 Å². The van der Waals surface area contributed by atoms with Gasteiger partial charge in [-0.25, -0.2) is 0 Å². The molecule has 0 spiro atoms. The predicted molar refractivity (Wildman–Crippen MR) is 93.5 cm³/mol. The molecule has 0 saturated carbocycles. The van der Waals surface area contributed by atoms with Crippen molar-refractivity contribution in [3.05, 3.63) is 34.9 Å². The van der Waals surface area contributed by atoms with Gasteiger partial charge in [0.25, 0.3) is 0 Å². The van der Waals surface area contributed by atoms with Crippen molar-refractivity contribution in [3.63, 3.8) is 0 Å². The largest absolute Gasteiger partial charge is 0.350 e. The van der Waals surface area contributed by atoms with Crippen LogP contribution >= 0.6 is 24.2 Å². The zero-order valence-electron chi connectivity index (χ0n) is 12.9. The molecule has 5 heteroatoms. The topological polar surface area (TPSA) is 41.1 Å². The van der Waals surface area contributed by atoms with Crippen LogP contribution in [0.3, 0.4) is 0 Å². The summed E-state index contributed by atoms with van der Waals surface area (Å²) in [4.78, 5) is 12.1. The van der Waals surface area contributed by atoms with Crippen LogP contribution in [0.5, 0.6) is 0 Å². The Bertz CT molecular complexity index is 475. The Kier molecular flexibility index (Phi) is 7.57. The van der Waals surface area contributed by atoms with E-state index < -0.39 is 0 Å². The molecule has 2 N–H and O–H groups in total. The summed E-state index contributed by atoms with van der Waals surface area (Å²) in [5.41, 5.74) is 3.75. The number of carbonyl (C=O) groups excluding carboxylic acids is 1. The maximum Gasteiger partial charge on any atom is 0.222 e. The van der Waals surface area contributed by atoms with Crippen molar-refractivity contribution < 1.29 is 4.79 Å². The van der Waals surface area contributed by atoms with Crippen LogP contribution in [0.4, 0.5) is 0 Å². The molecule has 3 nitrogen and oxygen atoms in total. The molecule has 21 heavy (non-hydrogen) atoms. The molecule has 0 aliphatic carbocycles. The molecule has 1 aromatic rings. The standard InChI is InChI=1S/C16H24N2OS.ClH/c1-11-5-4-6-15(12(11)2)13(3)18-16(19)9-14-10-20-8-7-17-14;/h4-6,13-14,17H,7-10H2,1-3H3,(H,18,19);1H. The summed E-state index contributed by atoms with van der Waals surface area (Å²) < 4.78 is 0. The Morgan fingerprint density at radius 1 is 1.48 bits per heavy atom. The fraction of sp³-hybridized carbons (Fsp3) is 0.562. The third-order valence-electron chi connectivity index (χ3n) is 3.92. The fourth-order valence-corrected chi connectivity index (χ4v) is 3.54. The van der Waals surface area contributed by atoms with Crippen LogP contribution in [0.25, 0.3) is 0 Å². The summed E-state index contributed by atoms with van der Waals surface area (Å²) in [6.45, 7) is 7.29. The number of rotatable bonds is 4. The third-order valence-corrected chi connectivity index (χ3v) is 5.05. The number of hydrogen-bond acceptors (Lipinski definition) is 3. The first-order valence-corrected chi connectivity index (χ1v) is 8.40. The molecular formula is C16H25ClN2OS. The van der Waals surface area contributed by atoms with E-state index in [0.29, 0.717) is 12.5 Å². The highest BCUT2D eigenvalue weighted by molar-refractivity contribution is 7.99. The molecule has 2 unspecified atom stereocenters. The Hall–Kier alpha value is -0.710. The van der Waals surface area contributed by atoms with Gasteiger partial charge in [0.05, 0.1) is 6.04 Å². The van der Waals surface area contributed by atoms with E-state index in [2.05, 4.69) is 49.6 Å². The number of thioether (sulfide) groups is 1.